The fraction of sp³-hybridized carbons (Fsp3) is 0.474. The second-order valence-electron chi connectivity index (χ2n) is 6.59. The lowest BCUT2D eigenvalue weighted by Crippen LogP contribution is -2.40. The van der Waals surface area contributed by atoms with Crippen molar-refractivity contribution in [3.8, 4) is 11.3 Å². The lowest BCUT2D eigenvalue weighted by atomic mass is 10.0. The van der Waals surface area contributed by atoms with Crippen LogP contribution in [0.15, 0.2) is 24.3 Å². The Morgan fingerprint density at radius 1 is 1.40 bits per heavy atom. The number of benzene rings is 1. The van der Waals surface area contributed by atoms with E-state index in [0.29, 0.717) is 17.5 Å². The Balaban J connectivity index is 1.65. The van der Waals surface area contributed by atoms with Gasteiger partial charge in [0.25, 0.3) is 0 Å². The third kappa shape index (κ3) is 4.22. The molecule has 6 heteroatoms. The van der Waals surface area contributed by atoms with Crippen LogP contribution >= 0.6 is 11.6 Å². The first-order valence-corrected chi connectivity index (χ1v) is 9.26. The van der Waals surface area contributed by atoms with Crippen molar-refractivity contribution in [2.45, 2.75) is 39.2 Å². The van der Waals surface area contributed by atoms with Gasteiger partial charge in [0.2, 0.25) is 5.91 Å². The van der Waals surface area contributed by atoms with E-state index >= 15 is 0 Å². The lowest BCUT2D eigenvalue weighted by Gasteiger charge is -2.22. The van der Waals surface area contributed by atoms with Crippen LogP contribution in [-0.2, 0) is 11.2 Å². The molecule has 2 heterocycles. The zero-order chi connectivity index (χ0) is 17.8. The van der Waals surface area contributed by atoms with Crippen LogP contribution in [0, 0.1) is 6.92 Å². The van der Waals surface area contributed by atoms with Gasteiger partial charge in [0, 0.05) is 34.4 Å². The van der Waals surface area contributed by atoms with Crippen LogP contribution in [0.4, 0.5) is 0 Å². The Kier molecular flexibility index (Phi) is 5.76. The van der Waals surface area contributed by atoms with Crippen LogP contribution in [0.3, 0.4) is 0 Å². The van der Waals surface area contributed by atoms with E-state index in [0.717, 1.165) is 48.6 Å². The molecule has 0 bridgehead atoms. The number of nitrogens with one attached hydrogen (secondary N) is 2. The van der Waals surface area contributed by atoms with Gasteiger partial charge in [-0.15, -0.1) is 0 Å². The van der Waals surface area contributed by atoms with E-state index in [2.05, 4.69) is 27.3 Å². The summed E-state index contributed by atoms with van der Waals surface area (Å²) in [5.41, 5.74) is 3.65. The summed E-state index contributed by atoms with van der Waals surface area (Å²) in [7, 11) is 0. The molecule has 2 aromatic rings. The van der Waals surface area contributed by atoms with Gasteiger partial charge in [0.1, 0.15) is 0 Å². The van der Waals surface area contributed by atoms with Crippen molar-refractivity contribution in [3.05, 3.63) is 40.5 Å². The monoisotopic (exact) mass is 360 g/mol. The number of aryl methyl sites for hydroxylation is 1. The van der Waals surface area contributed by atoms with Gasteiger partial charge in [-0.3, -0.25) is 14.8 Å². The number of aromatic nitrogens is 2. The average molecular weight is 361 g/mol. The molecule has 1 atom stereocenters. The molecule has 0 aliphatic carbocycles. The Morgan fingerprint density at radius 3 is 2.88 bits per heavy atom. The molecule has 3 rings (SSSR count). The SMILES string of the molecule is CCN1CCC[C@H]1CNC(=O)Cc1c(-c2ccc(Cl)cc2)n[nH]c1C. The van der Waals surface area contributed by atoms with Crippen molar-refractivity contribution in [2.75, 3.05) is 19.6 Å². The van der Waals surface area contributed by atoms with Gasteiger partial charge >= 0.3 is 0 Å². The first kappa shape index (κ1) is 18.0. The maximum atomic E-state index is 12.5. The minimum absolute atomic E-state index is 0.0441. The van der Waals surface area contributed by atoms with Crippen molar-refractivity contribution >= 4 is 17.5 Å². The van der Waals surface area contributed by atoms with Crippen LogP contribution in [0.25, 0.3) is 11.3 Å². The summed E-state index contributed by atoms with van der Waals surface area (Å²) in [5, 5.41) is 11.2. The lowest BCUT2D eigenvalue weighted by molar-refractivity contribution is -0.120. The highest BCUT2D eigenvalue weighted by Crippen LogP contribution is 2.25. The number of hydrogen-bond donors (Lipinski definition) is 2. The van der Waals surface area contributed by atoms with Crippen LogP contribution in [0.5, 0.6) is 0 Å². The van der Waals surface area contributed by atoms with Gasteiger partial charge in [-0.2, -0.15) is 5.10 Å². The number of carbonyl (C=O) groups excluding carboxylic acids is 1. The van der Waals surface area contributed by atoms with Crippen molar-refractivity contribution in [1.29, 1.82) is 0 Å². The molecule has 1 aliphatic heterocycles. The molecule has 1 aromatic heterocycles. The van der Waals surface area contributed by atoms with Gasteiger partial charge in [-0.1, -0.05) is 30.7 Å². The third-order valence-corrected chi connectivity index (χ3v) is 5.22. The van der Waals surface area contributed by atoms with Crippen LogP contribution < -0.4 is 5.32 Å². The minimum atomic E-state index is 0.0441. The van der Waals surface area contributed by atoms with Gasteiger partial charge < -0.3 is 5.32 Å². The number of halogens is 1. The summed E-state index contributed by atoms with van der Waals surface area (Å²) in [6, 6.07) is 8.00. The quantitative estimate of drug-likeness (QED) is 0.831. The third-order valence-electron chi connectivity index (χ3n) is 4.97. The topological polar surface area (TPSA) is 61.0 Å². The number of carbonyl (C=O) groups is 1. The predicted molar refractivity (Wildman–Crippen MR) is 101 cm³/mol. The molecule has 1 saturated heterocycles. The molecule has 0 radical (unpaired) electrons. The molecule has 1 aliphatic rings. The van der Waals surface area contributed by atoms with Crippen molar-refractivity contribution < 1.29 is 4.79 Å². The molecule has 134 valence electrons. The van der Waals surface area contributed by atoms with Crippen molar-refractivity contribution in [2.24, 2.45) is 0 Å². The normalized spacial score (nSPS) is 17.8. The summed E-state index contributed by atoms with van der Waals surface area (Å²) >= 11 is 5.96. The second-order valence-corrected chi connectivity index (χ2v) is 7.02. The molecule has 0 spiro atoms. The van der Waals surface area contributed by atoms with Gasteiger partial charge in [-0.25, -0.2) is 0 Å². The van der Waals surface area contributed by atoms with Crippen molar-refractivity contribution in [3.63, 3.8) is 0 Å². The number of hydrogen-bond acceptors (Lipinski definition) is 3. The Labute approximate surface area is 153 Å². The van der Waals surface area contributed by atoms with Gasteiger partial charge in [0.05, 0.1) is 12.1 Å². The number of likely N-dealkylation sites (tertiary alicyclic amines) is 1. The number of H-pyrrole nitrogens is 1. The van der Waals surface area contributed by atoms with E-state index in [9.17, 15) is 4.79 Å². The molecule has 2 N–H and O–H groups in total. The molecular formula is C19H25ClN4O. The fourth-order valence-electron chi connectivity index (χ4n) is 3.51. The summed E-state index contributed by atoms with van der Waals surface area (Å²) in [6.45, 7) is 7.03. The Bertz CT molecular complexity index is 726. The first-order valence-electron chi connectivity index (χ1n) is 8.89. The number of amides is 1. The summed E-state index contributed by atoms with van der Waals surface area (Å²) in [5.74, 6) is 0.0441. The molecule has 5 nitrogen and oxygen atoms in total. The van der Waals surface area contributed by atoms with Crippen LogP contribution in [-0.4, -0.2) is 46.7 Å². The molecule has 1 fully saturated rings. The van der Waals surface area contributed by atoms with E-state index in [4.69, 9.17) is 11.6 Å². The van der Waals surface area contributed by atoms with Gasteiger partial charge in [-0.05, 0) is 45.0 Å². The minimum Gasteiger partial charge on any atom is -0.354 e. The molecule has 0 saturated carbocycles. The summed E-state index contributed by atoms with van der Waals surface area (Å²) < 4.78 is 0. The zero-order valence-electron chi connectivity index (χ0n) is 14.8. The van der Waals surface area contributed by atoms with Crippen LogP contribution in [0.2, 0.25) is 5.02 Å². The highest BCUT2D eigenvalue weighted by atomic mass is 35.5. The van der Waals surface area contributed by atoms with Gasteiger partial charge in [0.15, 0.2) is 0 Å². The van der Waals surface area contributed by atoms with E-state index in [-0.39, 0.29) is 5.91 Å². The Morgan fingerprint density at radius 2 is 2.16 bits per heavy atom. The fourth-order valence-corrected chi connectivity index (χ4v) is 3.64. The second kappa shape index (κ2) is 8.02. The highest BCUT2D eigenvalue weighted by Gasteiger charge is 2.23. The number of likely N-dealkylation sites (N-methyl/N-ethyl adjacent to an activating group) is 1. The highest BCUT2D eigenvalue weighted by molar-refractivity contribution is 6.30. The zero-order valence-corrected chi connectivity index (χ0v) is 15.6. The van der Waals surface area contributed by atoms with Crippen LogP contribution in [0.1, 0.15) is 31.0 Å². The van der Waals surface area contributed by atoms with E-state index in [1.807, 2.05) is 31.2 Å². The first-order chi connectivity index (χ1) is 12.1. The number of nitrogens with zero attached hydrogens (tertiary/aromatic N) is 2. The average Bonchev–Trinajstić information content (AvgIpc) is 3.21. The summed E-state index contributed by atoms with van der Waals surface area (Å²) in [4.78, 5) is 14.9. The molecule has 1 aromatic carbocycles. The standard InChI is InChI=1S/C19H25ClN4O/c1-3-24-10-4-5-16(24)12-21-18(25)11-17-13(2)22-23-19(17)14-6-8-15(20)9-7-14/h6-9,16H,3-5,10-12H2,1-2H3,(H,21,25)(H,22,23)/t16-/m0/s1. The van der Waals surface area contributed by atoms with E-state index < -0.39 is 0 Å². The molecule has 0 unspecified atom stereocenters. The Hall–Kier alpha value is -1.85. The predicted octanol–water partition coefficient (Wildman–Crippen LogP) is 3.18. The number of rotatable bonds is 6. The largest absolute Gasteiger partial charge is 0.354 e. The van der Waals surface area contributed by atoms with Crippen molar-refractivity contribution in [1.82, 2.24) is 20.4 Å². The number of aromatic amines is 1. The maximum absolute atomic E-state index is 12.5. The molecule has 25 heavy (non-hydrogen) atoms. The van der Waals surface area contributed by atoms with E-state index in [1.54, 1.807) is 0 Å². The smallest absolute Gasteiger partial charge is 0.224 e. The summed E-state index contributed by atoms with van der Waals surface area (Å²) in [6.07, 6.45) is 2.71. The molecular weight excluding hydrogens is 336 g/mol. The molecule has 1 amide bonds. The maximum Gasteiger partial charge on any atom is 0.224 e. The van der Waals surface area contributed by atoms with E-state index in [1.165, 1.54) is 6.42 Å².